The topological polar surface area (TPSA) is 76.1 Å². The number of carbonyl (C=O) groups is 1. The minimum atomic E-state index is -3.78. The first-order valence-corrected chi connectivity index (χ1v) is 8.21. The van der Waals surface area contributed by atoms with Crippen LogP contribution in [-0.2, 0) is 13.8 Å². The summed E-state index contributed by atoms with van der Waals surface area (Å²) in [6.07, 6.45) is 2.65. The molecule has 1 aliphatic carbocycles. The molecule has 1 heterocycles. The number of thiazole rings is 1. The Bertz CT molecular complexity index is 549. The minimum Gasteiger partial charge on any atom is -0.302 e. The fourth-order valence-electron chi connectivity index (χ4n) is 1.42. The first-order valence-electron chi connectivity index (χ1n) is 5.08. The third-order valence-corrected chi connectivity index (χ3v) is 5.64. The van der Waals surface area contributed by atoms with Gasteiger partial charge in [0, 0.05) is 17.1 Å². The van der Waals surface area contributed by atoms with Gasteiger partial charge in [-0.1, -0.05) is 11.3 Å². The highest BCUT2D eigenvalue weighted by atomic mass is 35.7. The van der Waals surface area contributed by atoms with Crippen LogP contribution >= 0.6 is 22.0 Å². The van der Waals surface area contributed by atoms with E-state index in [1.807, 2.05) is 0 Å². The van der Waals surface area contributed by atoms with Crippen LogP contribution in [0.2, 0.25) is 0 Å². The second-order valence-electron chi connectivity index (χ2n) is 4.03. The van der Waals surface area contributed by atoms with Gasteiger partial charge in [0.15, 0.2) is 9.34 Å². The van der Waals surface area contributed by atoms with E-state index >= 15 is 0 Å². The highest BCUT2D eigenvalue weighted by molar-refractivity contribution is 8.15. The average Bonchev–Trinajstić information content (AvgIpc) is 2.88. The molecule has 1 saturated carbocycles. The van der Waals surface area contributed by atoms with Gasteiger partial charge in [0.25, 0.3) is 9.05 Å². The van der Waals surface area contributed by atoms with Crippen LogP contribution < -0.4 is 5.32 Å². The normalized spacial score (nSPS) is 15.9. The monoisotopic (exact) mass is 294 g/mol. The quantitative estimate of drug-likeness (QED) is 0.863. The third-order valence-electron chi connectivity index (χ3n) is 2.39. The Morgan fingerprint density at radius 3 is 2.71 bits per heavy atom. The molecule has 1 aromatic rings. The molecule has 0 aromatic carbocycles. The number of aryl methyl sites for hydroxylation is 1. The lowest BCUT2D eigenvalue weighted by atomic mass is 10.3. The maximum Gasteiger partial charge on any atom is 0.272 e. The largest absolute Gasteiger partial charge is 0.302 e. The highest BCUT2D eigenvalue weighted by Gasteiger charge is 2.25. The molecule has 5 nitrogen and oxygen atoms in total. The van der Waals surface area contributed by atoms with E-state index in [9.17, 15) is 13.2 Å². The number of halogens is 1. The molecule has 2 rings (SSSR count). The number of aromatic nitrogens is 1. The van der Waals surface area contributed by atoms with E-state index in [2.05, 4.69) is 10.3 Å². The van der Waals surface area contributed by atoms with E-state index < -0.39 is 9.05 Å². The van der Waals surface area contributed by atoms with Gasteiger partial charge in [-0.2, -0.15) is 0 Å². The van der Waals surface area contributed by atoms with E-state index in [4.69, 9.17) is 10.7 Å². The van der Waals surface area contributed by atoms with Crippen molar-refractivity contribution in [1.82, 2.24) is 4.98 Å². The maximum absolute atomic E-state index is 11.5. The molecular weight excluding hydrogens is 284 g/mol. The van der Waals surface area contributed by atoms with Gasteiger partial charge >= 0.3 is 0 Å². The molecule has 0 aliphatic heterocycles. The van der Waals surface area contributed by atoms with Crippen molar-refractivity contribution in [3.05, 3.63) is 5.69 Å². The molecule has 0 saturated heterocycles. The summed E-state index contributed by atoms with van der Waals surface area (Å²) in [4.78, 5) is 15.5. The maximum atomic E-state index is 11.5. The lowest BCUT2D eigenvalue weighted by Gasteiger charge is -1.98. The molecule has 1 aliphatic rings. The second-order valence-corrected chi connectivity index (χ2v) is 7.79. The Balaban J connectivity index is 2.09. The van der Waals surface area contributed by atoms with Gasteiger partial charge in [-0.05, 0) is 25.7 Å². The molecule has 1 amide bonds. The zero-order valence-corrected chi connectivity index (χ0v) is 11.5. The standard InChI is InChI=1S/C9H11ClN2O3S2/c1-5-8(17(10,14)15)16-9(11-5)12-7(13)4-6-2-3-6/h6H,2-4H2,1H3,(H,11,12,13). The average molecular weight is 295 g/mol. The summed E-state index contributed by atoms with van der Waals surface area (Å²) < 4.78 is 22.3. The summed E-state index contributed by atoms with van der Waals surface area (Å²) in [5.74, 6) is 0.354. The van der Waals surface area contributed by atoms with Crippen molar-refractivity contribution in [2.24, 2.45) is 5.92 Å². The Labute approximate surface area is 108 Å². The number of nitrogens with zero attached hydrogens (tertiary/aromatic N) is 1. The second kappa shape index (κ2) is 4.55. The summed E-state index contributed by atoms with van der Waals surface area (Å²) in [5.41, 5.74) is 0.312. The van der Waals surface area contributed by atoms with Gasteiger partial charge in [-0.25, -0.2) is 13.4 Å². The van der Waals surface area contributed by atoms with Gasteiger partial charge < -0.3 is 5.32 Å². The Hall–Kier alpha value is -0.660. The van der Waals surface area contributed by atoms with E-state index in [0.717, 1.165) is 24.2 Å². The van der Waals surface area contributed by atoms with Crippen molar-refractivity contribution in [2.45, 2.75) is 30.4 Å². The van der Waals surface area contributed by atoms with Crippen molar-refractivity contribution >= 4 is 42.1 Å². The molecule has 0 spiro atoms. The van der Waals surface area contributed by atoms with E-state index in [0.29, 0.717) is 18.0 Å². The molecule has 0 atom stereocenters. The molecule has 0 radical (unpaired) electrons. The zero-order chi connectivity index (χ0) is 12.6. The zero-order valence-electron chi connectivity index (χ0n) is 9.07. The minimum absolute atomic E-state index is 0.0131. The van der Waals surface area contributed by atoms with Gasteiger partial charge in [0.2, 0.25) is 5.91 Å². The van der Waals surface area contributed by atoms with Gasteiger partial charge in [-0.15, -0.1) is 0 Å². The lowest BCUT2D eigenvalue weighted by molar-refractivity contribution is -0.116. The fourth-order valence-corrected chi connectivity index (χ4v) is 3.78. The predicted molar refractivity (Wildman–Crippen MR) is 65.9 cm³/mol. The molecule has 1 fully saturated rings. The third kappa shape index (κ3) is 3.40. The number of anilines is 1. The van der Waals surface area contributed by atoms with Crippen LogP contribution in [0.3, 0.4) is 0 Å². The number of hydrogen-bond acceptors (Lipinski definition) is 5. The van der Waals surface area contributed by atoms with Gasteiger partial charge in [0.1, 0.15) is 0 Å². The van der Waals surface area contributed by atoms with Crippen LogP contribution in [0.1, 0.15) is 25.0 Å². The summed E-state index contributed by atoms with van der Waals surface area (Å²) in [6.45, 7) is 1.54. The Kier molecular flexibility index (Phi) is 3.42. The van der Waals surface area contributed by atoms with Crippen molar-refractivity contribution in [3.8, 4) is 0 Å². The summed E-state index contributed by atoms with van der Waals surface area (Å²) in [7, 11) is 1.46. The van der Waals surface area contributed by atoms with Crippen molar-refractivity contribution in [1.29, 1.82) is 0 Å². The van der Waals surface area contributed by atoms with E-state index in [1.54, 1.807) is 6.92 Å². The number of amides is 1. The Morgan fingerprint density at radius 2 is 2.24 bits per heavy atom. The van der Waals surface area contributed by atoms with Gasteiger partial charge in [-0.3, -0.25) is 4.79 Å². The van der Waals surface area contributed by atoms with Crippen LogP contribution in [0.15, 0.2) is 4.21 Å². The number of rotatable bonds is 4. The molecular formula is C9H11ClN2O3S2. The molecule has 1 aromatic heterocycles. The van der Waals surface area contributed by atoms with Crippen LogP contribution in [0, 0.1) is 12.8 Å². The summed E-state index contributed by atoms with van der Waals surface area (Å²) in [5, 5.41) is 2.88. The molecule has 94 valence electrons. The summed E-state index contributed by atoms with van der Waals surface area (Å²) >= 11 is 0.879. The number of nitrogens with one attached hydrogen (secondary N) is 1. The molecule has 0 bridgehead atoms. The first kappa shape index (κ1) is 12.8. The van der Waals surface area contributed by atoms with Gasteiger partial charge in [0.05, 0.1) is 5.69 Å². The van der Waals surface area contributed by atoms with Crippen molar-refractivity contribution in [2.75, 3.05) is 5.32 Å². The smallest absolute Gasteiger partial charge is 0.272 e. The van der Waals surface area contributed by atoms with Crippen molar-refractivity contribution < 1.29 is 13.2 Å². The van der Waals surface area contributed by atoms with E-state index in [1.165, 1.54) is 0 Å². The van der Waals surface area contributed by atoms with Crippen molar-refractivity contribution in [3.63, 3.8) is 0 Å². The fraction of sp³-hybridized carbons (Fsp3) is 0.556. The lowest BCUT2D eigenvalue weighted by Crippen LogP contribution is -2.11. The molecule has 0 unspecified atom stereocenters. The molecule has 8 heteroatoms. The first-order chi connectivity index (χ1) is 7.86. The van der Waals surface area contributed by atoms with Crippen LogP contribution in [0.4, 0.5) is 5.13 Å². The van der Waals surface area contributed by atoms with Crippen LogP contribution in [-0.4, -0.2) is 19.3 Å². The number of carbonyl (C=O) groups excluding carboxylic acids is 1. The highest BCUT2D eigenvalue weighted by Crippen LogP contribution is 2.33. The number of hydrogen-bond donors (Lipinski definition) is 1. The molecule has 17 heavy (non-hydrogen) atoms. The Morgan fingerprint density at radius 1 is 1.59 bits per heavy atom. The SMILES string of the molecule is Cc1nc(NC(=O)CC2CC2)sc1S(=O)(=O)Cl. The molecule has 1 N–H and O–H groups in total. The predicted octanol–water partition coefficient (Wildman–Crippen LogP) is 2.12. The van der Waals surface area contributed by atoms with Crippen LogP contribution in [0.5, 0.6) is 0 Å². The van der Waals surface area contributed by atoms with E-state index in [-0.39, 0.29) is 15.2 Å². The van der Waals surface area contributed by atoms with Crippen LogP contribution in [0.25, 0.3) is 0 Å². The summed E-state index contributed by atoms with van der Waals surface area (Å²) in [6, 6.07) is 0.